The Morgan fingerprint density at radius 1 is 1.10 bits per heavy atom. The van der Waals surface area contributed by atoms with E-state index in [1.54, 1.807) is 6.07 Å². The van der Waals surface area contributed by atoms with E-state index in [1.165, 1.54) is 42.2 Å². The Kier molecular flexibility index (Phi) is 7.99. The van der Waals surface area contributed by atoms with Crippen molar-refractivity contribution < 1.29 is 31.1 Å². The molecule has 0 aliphatic carbocycles. The van der Waals surface area contributed by atoms with Crippen LogP contribution in [-0.4, -0.2) is 59.5 Å². The van der Waals surface area contributed by atoms with Crippen LogP contribution in [0.4, 0.5) is 13.2 Å². The van der Waals surface area contributed by atoms with Gasteiger partial charge in [0.15, 0.2) is 5.65 Å². The molecule has 4 heterocycles. The van der Waals surface area contributed by atoms with Gasteiger partial charge in [0.2, 0.25) is 0 Å². The molecule has 1 saturated heterocycles. The van der Waals surface area contributed by atoms with Crippen LogP contribution in [0.5, 0.6) is 0 Å². The van der Waals surface area contributed by atoms with Gasteiger partial charge in [-0.15, -0.1) is 11.6 Å². The van der Waals surface area contributed by atoms with Crippen molar-refractivity contribution in [1.82, 2.24) is 18.8 Å². The number of pyridine rings is 2. The lowest BCUT2D eigenvalue weighted by atomic mass is 10.1. The van der Waals surface area contributed by atoms with E-state index in [1.807, 2.05) is 0 Å². The van der Waals surface area contributed by atoms with Gasteiger partial charge in [-0.2, -0.15) is 13.2 Å². The van der Waals surface area contributed by atoms with Crippen molar-refractivity contribution in [2.24, 2.45) is 0 Å². The highest BCUT2D eigenvalue weighted by atomic mass is 35.5. The number of ether oxygens (including phenoxy) is 1. The zero-order chi connectivity index (χ0) is 29.7. The lowest BCUT2D eigenvalue weighted by Crippen LogP contribution is -2.41. The minimum absolute atomic E-state index is 0.0392. The van der Waals surface area contributed by atoms with Crippen molar-refractivity contribution in [2.45, 2.75) is 23.4 Å². The number of benzene rings is 1. The summed E-state index contributed by atoms with van der Waals surface area (Å²) in [6.45, 7) is 2.65. The van der Waals surface area contributed by atoms with Crippen LogP contribution >= 0.6 is 34.8 Å². The first-order chi connectivity index (χ1) is 19.3. The second-order valence-corrected chi connectivity index (χ2v) is 12.2. The van der Waals surface area contributed by atoms with Crippen molar-refractivity contribution in [1.29, 1.82) is 0 Å². The predicted octanol–water partition coefficient (Wildman–Crippen LogP) is 6.10. The van der Waals surface area contributed by atoms with Crippen molar-refractivity contribution in [3.8, 4) is 0 Å². The molecule has 1 fully saturated rings. The maximum atomic E-state index is 13.9. The SMILES string of the molecule is Cc1cc(C(F)(F)F)nc2c1cc(C(Cl)c1c(Cl)cnc(C(=O)N3CCOCC3)c1Cl)n2S(=O)(=O)c1ccccc1. The van der Waals surface area contributed by atoms with Crippen LogP contribution < -0.4 is 0 Å². The van der Waals surface area contributed by atoms with E-state index in [9.17, 15) is 26.4 Å². The second-order valence-electron chi connectivity index (χ2n) is 9.16. The summed E-state index contributed by atoms with van der Waals surface area (Å²) in [6, 6.07) is 9.26. The molecular formula is C26H20Cl3F3N4O4S. The molecule has 0 saturated carbocycles. The fraction of sp³-hybridized carbons (Fsp3) is 0.269. The molecule has 3 aromatic heterocycles. The maximum absolute atomic E-state index is 13.9. The first kappa shape index (κ1) is 29.6. The summed E-state index contributed by atoms with van der Waals surface area (Å²) < 4.78 is 75.0. The first-order valence-electron chi connectivity index (χ1n) is 12.1. The van der Waals surface area contributed by atoms with Crippen LogP contribution in [0.2, 0.25) is 10.0 Å². The molecule has 8 nitrogen and oxygen atoms in total. The number of morpholine rings is 1. The van der Waals surface area contributed by atoms with E-state index in [2.05, 4.69) is 9.97 Å². The van der Waals surface area contributed by atoms with Gasteiger partial charge in [0, 0.05) is 30.2 Å². The highest BCUT2D eigenvalue weighted by molar-refractivity contribution is 7.90. The van der Waals surface area contributed by atoms with Gasteiger partial charge < -0.3 is 9.64 Å². The monoisotopic (exact) mass is 646 g/mol. The number of carbonyl (C=O) groups is 1. The molecule has 4 aromatic rings. The lowest BCUT2D eigenvalue weighted by molar-refractivity contribution is -0.141. The van der Waals surface area contributed by atoms with Crippen molar-refractivity contribution >= 4 is 61.8 Å². The molecule has 5 rings (SSSR count). The molecule has 216 valence electrons. The Balaban J connectivity index is 1.75. The molecule has 0 N–H and O–H groups in total. The number of aromatic nitrogens is 3. The molecule has 0 bridgehead atoms. The van der Waals surface area contributed by atoms with Crippen LogP contribution in [0.15, 0.2) is 53.6 Å². The normalized spacial score (nSPS) is 15.3. The smallest absolute Gasteiger partial charge is 0.378 e. The van der Waals surface area contributed by atoms with Gasteiger partial charge in [-0.05, 0) is 36.8 Å². The lowest BCUT2D eigenvalue weighted by Gasteiger charge is -2.27. The summed E-state index contributed by atoms with van der Waals surface area (Å²) in [4.78, 5) is 22.2. The Morgan fingerprint density at radius 3 is 2.39 bits per heavy atom. The van der Waals surface area contributed by atoms with Crippen molar-refractivity contribution in [3.63, 3.8) is 0 Å². The maximum Gasteiger partial charge on any atom is 0.433 e. The average Bonchev–Trinajstić information content (AvgIpc) is 3.34. The van der Waals surface area contributed by atoms with Crippen LogP contribution in [0, 0.1) is 6.92 Å². The van der Waals surface area contributed by atoms with E-state index >= 15 is 0 Å². The third-order valence-corrected chi connectivity index (χ3v) is 9.42. The number of nitrogens with zero attached hydrogens (tertiary/aromatic N) is 4. The Morgan fingerprint density at radius 2 is 1.76 bits per heavy atom. The fourth-order valence-corrected chi connectivity index (χ4v) is 7.24. The minimum Gasteiger partial charge on any atom is -0.378 e. The number of halogens is 6. The minimum atomic E-state index is -4.85. The Labute approximate surface area is 247 Å². The largest absolute Gasteiger partial charge is 0.433 e. The Hall–Kier alpha value is -2.90. The molecule has 1 aliphatic rings. The quantitative estimate of drug-likeness (QED) is 0.243. The van der Waals surface area contributed by atoms with E-state index in [-0.39, 0.29) is 42.8 Å². The van der Waals surface area contributed by atoms with Crippen LogP contribution in [0.3, 0.4) is 0 Å². The van der Waals surface area contributed by atoms with Crippen LogP contribution in [0.1, 0.15) is 38.4 Å². The molecule has 1 aromatic carbocycles. The molecule has 0 spiro atoms. The highest BCUT2D eigenvalue weighted by Crippen LogP contribution is 2.43. The second kappa shape index (κ2) is 11.1. The number of alkyl halides is 4. The number of fused-ring (bicyclic) bond motifs is 1. The molecule has 1 amide bonds. The first-order valence-corrected chi connectivity index (χ1v) is 14.7. The summed E-state index contributed by atoms with van der Waals surface area (Å²) in [6.07, 6.45) is -3.69. The molecule has 1 aliphatic heterocycles. The summed E-state index contributed by atoms with van der Waals surface area (Å²) in [7, 11) is -4.54. The van der Waals surface area contributed by atoms with Gasteiger partial charge in [0.05, 0.1) is 33.8 Å². The van der Waals surface area contributed by atoms with Gasteiger partial charge in [0.25, 0.3) is 15.9 Å². The molecular weight excluding hydrogens is 628 g/mol. The summed E-state index contributed by atoms with van der Waals surface area (Å²) in [5.41, 5.74) is -2.03. The molecule has 1 unspecified atom stereocenters. The highest BCUT2D eigenvalue weighted by Gasteiger charge is 2.37. The summed E-state index contributed by atoms with van der Waals surface area (Å²) >= 11 is 20.0. The van der Waals surface area contributed by atoms with E-state index in [0.717, 1.165) is 12.3 Å². The third-order valence-electron chi connectivity index (χ3n) is 6.56. The van der Waals surface area contributed by atoms with Gasteiger partial charge in [-0.25, -0.2) is 22.4 Å². The molecule has 0 radical (unpaired) electrons. The third kappa shape index (κ3) is 5.39. The standard InChI is InChI=1S/C26H20Cl3F3N4O4S/c1-14-11-19(26(30,31)32)34-24-16(14)12-18(36(24)41(38,39)15-5-3-2-4-6-15)21(28)20-17(27)13-33-23(22(20)29)25(37)35-7-9-40-10-8-35/h2-6,11-13,21H,7-10H2,1H3. The zero-order valence-corrected chi connectivity index (χ0v) is 24.2. The zero-order valence-electron chi connectivity index (χ0n) is 21.1. The topological polar surface area (TPSA) is 94.4 Å². The fourth-order valence-electron chi connectivity index (χ4n) is 4.52. The van der Waals surface area contributed by atoms with Crippen LogP contribution in [-0.2, 0) is 20.9 Å². The number of rotatable bonds is 5. The number of hydrogen-bond donors (Lipinski definition) is 0. The molecule has 15 heteroatoms. The van der Waals surface area contributed by atoms with E-state index in [0.29, 0.717) is 30.3 Å². The number of amides is 1. The molecule has 41 heavy (non-hydrogen) atoms. The average molecular weight is 648 g/mol. The van der Waals surface area contributed by atoms with Crippen LogP contribution in [0.25, 0.3) is 11.0 Å². The van der Waals surface area contributed by atoms with Crippen molar-refractivity contribution in [2.75, 3.05) is 26.3 Å². The van der Waals surface area contributed by atoms with Gasteiger partial charge in [0.1, 0.15) is 16.8 Å². The summed E-state index contributed by atoms with van der Waals surface area (Å²) in [5, 5.41) is -1.63. The summed E-state index contributed by atoms with van der Waals surface area (Å²) in [5.74, 6) is -0.509. The van der Waals surface area contributed by atoms with Crippen molar-refractivity contribution in [3.05, 3.63) is 86.9 Å². The predicted molar refractivity (Wildman–Crippen MR) is 147 cm³/mol. The van der Waals surface area contributed by atoms with E-state index in [4.69, 9.17) is 39.5 Å². The number of carbonyl (C=O) groups excluding carboxylic acids is 1. The van der Waals surface area contributed by atoms with Gasteiger partial charge in [-0.3, -0.25) is 4.79 Å². The van der Waals surface area contributed by atoms with E-state index < -0.39 is 38.8 Å². The van der Waals surface area contributed by atoms with Gasteiger partial charge >= 0.3 is 6.18 Å². The Bertz CT molecular complexity index is 1760. The number of aryl methyl sites for hydroxylation is 1. The number of hydrogen-bond acceptors (Lipinski definition) is 6. The molecule has 1 atom stereocenters. The van der Waals surface area contributed by atoms with Gasteiger partial charge in [-0.1, -0.05) is 41.4 Å².